The lowest BCUT2D eigenvalue weighted by atomic mass is 10.1. The van der Waals surface area contributed by atoms with E-state index >= 15 is 0 Å². The third kappa shape index (κ3) is 2.82. The van der Waals surface area contributed by atoms with Gasteiger partial charge in [-0.1, -0.05) is 23.8 Å². The number of hydrogen-bond acceptors (Lipinski definition) is 5. The molecule has 1 amide bonds. The Bertz CT molecular complexity index is 626. The van der Waals surface area contributed by atoms with Crippen LogP contribution in [0.15, 0.2) is 36.0 Å². The second-order valence-corrected chi connectivity index (χ2v) is 5.15. The van der Waals surface area contributed by atoms with Crippen LogP contribution in [0.2, 0.25) is 0 Å². The van der Waals surface area contributed by atoms with Gasteiger partial charge in [-0.15, -0.1) is 0 Å². The highest BCUT2D eigenvalue weighted by Gasteiger charge is 2.52. The molecule has 0 radical (unpaired) electrons. The average molecular weight is 304 g/mol. The third-order valence-corrected chi connectivity index (χ3v) is 3.48. The first-order valence-corrected chi connectivity index (χ1v) is 7.15. The summed E-state index contributed by atoms with van der Waals surface area (Å²) in [4.78, 5) is 24.8. The van der Waals surface area contributed by atoms with E-state index < -0.39 is 17.6 Å². The van der Waals surface area contributed by atoms with E-state index in [1.807, 2.05) is 13.0 Å². The topological polar surface area (TPSA) is 78.9 Å². The summed E-state index contributed by atoms with van der Waals surface area (Å²) in [6.07, 6.45) is 1.67. The Kier molecular flexibility index (Phi) is 4.51. The highest BCUT2D eigenvalue weighted by molar-refractivity contribution is 5.98. The van der Waals surface area contributed by atoms with Crippen molar-refractivity contribution in [1.29, 1.82) is 0 Å². The summed E-state index contributed by atoms with van der Waals surface area (Å²) in [6, 6.07) is 6.95. The van der Waals surface area contributed by atoms with Gasteiger partial charge in [0.05, 0.1) is 6.61 Å². The second kappa shape index (κ2) is 6.19. The molecule has 6 nitrogen and oxygen atoms in total. The number of hydrogen-bond donors (Lipinski definition) is 2. The molecule has 0 bridgehead atoms. The largest absolute Gasteiger partial charge is 0.462 e. The fourth-order valence-corrected chi connectivity index (χ4v) is 2.32. The van der Waals surface area contributed by atoms with Gasteiger partial charge in [-0.3, -0.25) is 10.2 Å². The minimum atomic E-state index is -2.04. The molecular formula is C16H20N2O4. The molecule has 1 aromatic carbocycles. The maximum atomic E-state index is 12.7. The number of nitrogens with one attached hydrogen (secondary N) is 1. The number of amides is 1. The van der Waals surface area contributed by atoms with E-state index in [2.05, 4.69) is 5.43 Å². The lowest BCUT2D eigenvalue weighted by Crippen LogP contribution is -2.57. The molecule has 0 aromatic heterocycles. The van der Waals surface area contributed by atoms with Crippen molar-refractivity contribution in [2.75, 3.05) is 6.61 Å². The summed E-state index contributed by atoms with van der Waals surface area (Å²) in [5.41, 5.74) is 2.61. The highest BCUT2D eigenvalue weighted by atomic mass is 16.6. The molecule has 1 aliphatic heterocycles. The van der Waals surface area contributed by atoms with Crippen LogP contribution >= 0.6 is 0 Å². The van der Waals surface area contributed by atoms with Crippen LogP contribution in [0.3, 0.4) is 0 Å². The van der Waals surface area contributed by atoms with Gasteiger partial charge in [0.15, 0.2) is 0 Å². The number of esters is 1. The highest BCUT2D eigenvalue weighted by Crippen LogP contribution is 2.29. The van der Waals surface area contributed by atoms with Crippen LogP contribution in [0.4, 0.5) is 0 Å². The smallest absolute Gasteiger partial charge is 0.362 e. The summed E-state index contributed by atoms with van der Waals surface area (Å²) in [7, 11) is 0. The first kappa shape index (κ1) is 16.0. The number of carbonyl (C=O) groups excluding carboxylic acids is 2. The van der Waals surface area contributed by atoms with Gasteiger partial charge >= 0.3 is 5.97 Å². The van der Waals surface area contributed by atoms with Crippen molar-refractivity contribution < 1.29 is 19.4 Å². The van der Waals surface area contributed by atoms with Gasteiger partial charge in [-0.2, -0.15) is 0 Å². The average Bonchev–Trinajstić information content (AvgIpc) is 2.85. The first-order chi connectivity index (χ1) is 10.4. The molecule has 2 N–H and O–H groups in total. The molecule has 22 heavy (non-hydrogen) atoms. The van der Waals surface area contributed by atoms with Crippen LogP contribution in [0, 0.1) is 6.92 Å². The molecule has 1 unspecified atom stereocenters. The van der Waals surface area contributed by atoms with Gasteiger partial charge in [-0.05, 0) is 32.9 Å². The predicted octanol–water partition coefficient (Wildman–Crippen LogP) is 1.50. The molecule has 1 heterocycles. The number of benzene rings is 1. The normalized spacial score (nSPS) is 22.5. The lowest BCUT2D eigenvalue weighted by Gasteiger charge is -2.29. The van der Waals surface area contributed by atoms with Gasteiger partial charge in [0.25, 0.3) is 11.6 Å². The van der Waals surface area contributed by atoms with Crippen molar-refractivity contribution >= 4 is 11.9 Å². The minimum Gasteiger partial charge on any atom is -0.462 e. The zero-order chi connectivity index (χ0) is 16.3. The SMILES string of the molecule is CC=C1CC(O)(C(=O)OCC)N(C(=O)c2cccc(C)c2)N1. The number of ether oxygens (including phenoxy) is 1. The Hall–Kier alpha value is -2.34. The van der Waals surface area contributed by atoms with E-state index in [9.17, 15) is 14.7 Å². The number of carbonyl (C=O) groups is 2. The summed E-state index contributed by atoms with van der Waals surface area (Å²) < 4.78 is 4.91. The maximum absolute atomic E-state index is 12.7. The van der Waals surface area contributed by atoms with E-state index in [0.29, 0.717) is 11.3 Å². The molecule has 0 spiro atoms. The Morgan fingerprint density at radius 1 is 1.50 bits per heavy atom. The van der Waals surface area contributed by atoms with Crippen LogP contribution in [0.25, 0.3) is 0 Å². The molecule has 0 aliphatic carbocycles. The first-order valence-electron chi connectivity index (χ1n) is 7.15. The van der Waals surface area contributed by atoms with Crippen LogP contribution in [0.1, 0.15) is 36.2 Å². The van der Waals surface area contributed by atoms with Crippen molar-refractivity contribution in [2.24, 2.45) is 0 Å². The Balaban J connectivity index is 2.37. The molecule has 1 saturated heterocycles. The molecular weight excluding hydrogens is 284 g/mol. The fourth-order valence-electron chi connectivity index (χ4n) is 2.32. The fraction of sp³-hybridized carbons (Fsp3) is 0.375. The molecule has 6 heteroatoms. The van der Waals surface area contributed by atoms with Crippen molar-refractivity contribution in [2.45, 2.75) is 32.9 Å². The predicted molar refractivity (Wildman–Crippen MR) is 80.4 cm³/mol. The van der Waals surface area contributed by atoms with Crippen LogP contribution in [-0.2, 0) is 9.53 Å². The number of rotatable bonds is 3. The zero-order valence-corrected chi connectivity index (χ0v) is 12.9. The van der Waals surface area contributed by atoms with Crippen LogP contribution in [-0.4, -0.2) is 34.3 Å². The number of aryl methyl sites for hydroxylation is 1. The molecule has 2 rings (SSSR count). The molecule has 0 saturated carbocycles. The van der Waals surface area contributed by atoms with Gasteiger partial charge in [0.1, 0.15) is 0 Å². The zero-order valence-electron chi connectivity index (χ0n) is 12.9. The minimum absolute atomic E-state index is 0.0279. The summed E-state index contributed by atoms with van der Waals surface area (Å²) in [6.45, 7) is 5.39. The van der Waals surface area contributed by atoms with E-state index in [-0.39, 0.29) is 13.0 Å². The van der Waals surface area contributed by atoms with Gasteiger partial charge in [0, 0.05) is 17.7 Å². The standard InChI is InChI=1S/C16H20N2O4/c1-4-13-10-16(21,15(20)22-5-2)18(17-13)14(19)12-8-6-7-11(3)9-12/h4,6-9,17,21H,5,10H2,1-3H3. The summed E-state index contributed by atoms with van der Waals surface area (Å²) in [5.74, 6) is -1.34. The third-order valence-electron chi connectivity index (χ3n) is 3.48. The Morgan fingerprint density at radius 2 is 2.23 bits per heavy atom. The number of hydrazine groups is 1. The van der Waals surface area contributed by atoms with Crippen LogP contribution < -0.4 is 5.43 Å². The molecule has 1 atom stereocenters. The number of allylic oxidation sites excluding steroid dienone is 1. The Morgan fingerprint density at radius 3 is 2.82 bits per heavy atom. The Labute approximate surface area is 129 Å². The van der Waals surface area contributed by atoms with Crippen LogP contribution in [0.5, 0.6) is 0 Å². The second-order valence-electron chi connectivity index (χ2n) is 5.15. The lowest BCUT2D eigenvalue weighted by molar-refractivity contribution is -0.180. The van der Waals surface area contributed by atoms with Gasteiger partial charge < -0.3 is 9.84 Å². The van der Waals surface area contributed by atoms with Crippen molar-refractivity contribution in [3.05, 3.63) is 47.2 Å². The quantitative estimate of drug-likeness (QED) is 0.827. The molecule has 1 fully saturated rings. The number of nitrogens with zero attached hydrogens (tertiary/aromatic N) is 1. The maximum Gasteiger partial charge on any atom is 0.362 e. The van der Waals surface area contributed by atoms with Crippen molar-refractivity contribution in [3.8, 4) is 0 Å². The number of aliphatic hydroxyl groups is 1. The van der Waals surface area contributed by atoms with Crippen molar-refractivity contribution in [1.82, 2.24) is 10.4 Å². The molecule has 1 aliphatic rings. The monoisotopic (exact) mass is 304 g/mol. The molecule has 118 valence electrons. The van der Waals surface area contributed by atoms with Gasteiger partial charge in [-0.25, -0.2) is 9.80 Å². The summed E-state index contributed by atoms with van der Waals surface area (Å²) >= 11 is 0. The molecule has 1 aromatic rings. The van der Waals surface area contributed by atoms with Gasteiger partial charge in [0.2, 0.25) is 0 Å². The van der Waals surface area contributed by atoms with E-state index in [4.69, 9.17) is 4.74 Å². The van der Waals surface area contributed by atoms with Crippen molar-refractivity contribution in [3.63, 3.8) is 0 Å². The van der Waals surface area contributed by atoms with E-state index in [1.165, 1.54) is 0 Å². The van der Waals surface area contributed by atoms with E-state index in [0.717, 1.165) is 10.6 Å². The van der Waals surface area contributed by atoms with E-state index in [1.54, 1.807) is 38.1 Å². The summed E-state index contributed by atoms with van der Waals surface area (Å²) in [5, 5.41) is 11.6.